The molecule has 158 valence electrons. The van der Waals surface area contributed by atoms with Crippen molar-refractivity contribution < 1.29 is 4.79 Å². The number of nitrogens with two attached hydrogens (primary N) is 1. The number of H-pyrrole nitrogens is 1. The number of hydrogen-bond donors (Lipinski definition) is 4. The first-order chi connectivity index (χ1) is 14.0. The third-order valence-electron chi connectivity index (χ3n) is 5.16. The largest absolute Gasteiger partial charge is 0.352 e. The van der Waals surface area contributed by atoms with Crippen molar-refractivity contribution in [2.75, 3.05) is 5.32 Å². The van der Waals surface area contributed by atoms with E-state index in [2.05, 4.69) is 25.6 Å². The molecule has 2 aromatic heterocycles. The Morgan fingerprint density at radius 1 is 1.13 bits per heavy atom. The first kappa shape index (κ1) is 21.9. The molecule has 2 amide bonds. The molecule has 0 spiro atoms. The lowest BCUT2D eigenvalue weighted by molar-refractivity contribution is 0.240. The van der Waals surface area contributed by atoms with Crippen molar-refractivity contribution in [3.63, 3.8) is 0 Å². The van der Waals surface area contributed by atoms with Gasteiger partial charge in [-0.15, -0.1) is 12.4 Å². The summed E-state index contributed by atoms with van der Waals surface area (Å²) in [6.07, 6.45) is 5.10. The topological polar surface area (TPSA) is 126 Å². The smallest absolute Gasteiger partial charge is 0.312 e. The Bertz CT molecular complexity index is 1110. The number of carbonyl (C=O) groups excluding carboxylic acids is 1. The maximum absolute atomic E-state index is 12.6. The van der Waals surface area contributed by atoms with Crippen LogP contribution in [0.25, 0.3) is 22.2 Å². The first-order valence-electron chi connectivity index (χ1n) is 9.47. The van der Waals surface area contributed by atoms with Gasteiger partial charge in [0, 0.05) is 39.8 Å². The molecule has 0 saturated heterocycles. The predicted molar refractivity (Wildman–Crippen MR) is 120 cm³/mol. The molecule has 10 heteroatoms. The summed E-state index contributed by atoms with van der Waals surface area (Å²) in [5.41, 5.74) is 6.54. The number of halogens is 2. The monoisotopic (exact) mass is 448 g/mol. The summed E-state index contributed by atoms with van der Waals surface area (Å²) in [6.45, 7) is 0. The number of nitrogens with one attached hydrogen (secondary N) is 3. The number of hydrogen-bond acceptors (Lipinski definition) is 5. The van der Waals surface area contributed by atoms with E-state index in [1.165, 1.54) is 0 Å². The highest BCUT2D eigenvalue weighted by Crippen LogP contribution is 2.27. The molecule has 1 aliphatic carbocycles. The van der Waals surface area contributed by atoms with Crippen molar-refractivity contribution in [3.05, 3.63) is 51.9 Å². The highest BCUT2D eigenvalue weighted by Gasteiger charge is 2.22. The van der Waals surface area contributed by atoms with Crippen molar-refractivity contribution in [2.24, 2.45) is 5.73 Å². The van der Waals surface area contributed by atoms with Gasteiger partial charge in [0.2, 0.25) is 5.95 Å². The standard InChI is InChI=1S/C20H21ClN6O2.ClH/c21-16-4-2-1-3-14(16)15-9-11-10-23-20(27-17(11)26-18(15)28)25-13-7-5-12(6-8-13)24-19(22)29;/h1-4,9-10,12-13H,5-8H2,(H3,22,24,29)(H2,23,25,26,27,28);1H. The van der Waals surface area contributed by atoms with Crippen molar-refractivity contribution in [2.45, 2.75) is 37.8 Å². The van der Waals surface area contributed by atoms with Gasteiger partial charge in [0.15, 0.2) is 0 Å². The van der Waals surface area contributed by atoms with Crippen molar-refractivity contribution in [1.82, 2.24) is 20.3 Å². The lowest BCUT2D eigenvalue weighted by atomic mass is 9.91. The summed E-state index contributed by atoms with van der Waals surface area (Å²) in [6, 6.07) is 8.78. The van der Waals surface area contributed by atoms with E-state index >= 15 is 0 Å². The molecule has 4 rings (SSSR count). The molecule has 0 unspecified atom stereocenters. The number of primary amides is 1. The quantitative estimate of drug-likeness (QED) is 0.486. The molecule has 0 aliphatic heterocycles. The summed E-state index contributed by atoms with van der Waals surface area (Å²) >= 11 is 6.23. The maximum Gasteiger partial charge on any atom is 0.312 e. The van der Waals surface area contributed by atoms with Gasteiger partial charge in [-0.05, 0) is 37.8 Å². The van der Waals surface area contributed by atoms with Crippen LogP contribution in [0.4, 0.5) is 10.7 Å². The number of aromatic nitrogens is 3. The van der Waals surface area contributed by atoms with E-state index in [-0.39, 0.29) is 30.0 Å². The molecule has 1 saturated carbocycles. The van der Waals surface area contributed by atoms with Crippen LogP contribution in [0.1, 0.15) is 25.7 Å². The molecule has 0 atom stereocenters. The zero-order valence-electron chi connectivity index (χ0n) is 16.0. The van der Waals surface area contributed by atoms with Crippen LogP contribution in [-0.2, 0) is 0 Å². The first-order valence-corrected chi connectivity index (χ1v) is 9.85. The van der Waals surface area contributed by atoms with Gasteiger partial charge < -0.3 is 21.4 Å². The molecule has 1 fully saturated rings. The van der Waals surface area contributed by atoms with E-state index in [9.17, 15) is 9.59 Å². The van der Waals surface area contributed by atoms with Gasteiger partial charge in [0.05, 0.1) is 0 Å². The minimum atomic E-state index is -0.487. The van der Waals surface area contributed by atoms with Crippen molar-refractivity contribution >= 4 is 47.0 Å². The molecular weight excluding hydrogens is 427 g/mol. The summed E-state index contributed by atoms with van der Waals surface area (Å²) in [7, 11) is 0. The van der Waals surface area contributed by atoms with E-state index in [1.54, 1.807) is 24.4 Å². The third kappa shape index (κ3) is 4.83. The number of rotatable bonds is 4. The molecule has 1 aromatic carbocycles. The van der Waals surface area contributed by atoms with Gasteiger partial charge in [0.25, 0.3) is 5.56 Å². The number of anilines is 1. The van der Waals surface area contributed by atoms with Crippen LogP contribution in [0.5, 0.6) is 0 Å². The normalized spacial score (nSPS) is 18.4. The number of carbonyl (C=O) groups is 1. The molecule has 8 nitrogen and oxygen atoms in total. The summed E-state index contributed by atoms with van der Waals surface area (Å²) in [4.78, 5) is 35.2. The molecule has 30 heavy (non-hydrogen) atoms. The summed E-state index contributed by atoms with van der Waals surface area (Å²) in [5.74, 6) is 0.463. The van der Waals surface area contributed by atoms with Gasteiger partial charge >= 0.3 is 6.03 Å². The lowest BCUT2D eigenvalue weighted by Gasteiger charge is -2.29. The number of nitrogens with zero attached hydrogens (tertiary/aromatic N) is 2. The van der Waals surface area contributed by atoms with Crippen LogP contribution in [0.15, 0.2) is 41.3 Å². The van der Waals surface area contributed by atoms with Gasteiger partial charge in [-0.1, -0.05) is 29.8 Å². The predicted octanol–water partition coefficient (Wildman–Crippen LogP) is 3.45. The average molecular weight is 449 g/mol. The van der Waals surface area contributed by atoms with Crippen LogP contribution < -0.4 is 21.9 Å². The Labute approximate surface area is 184 Å². The number of benzene rings is 1. The maximum atomic E-state index is 12.6. The Balaban J connectivity index is 0.00000256. The second-order valence-corrected chi connectivity index (χ2v) is 7.60. The van der Waals surface area contributed by atoms with E-state index in [0.717, 1.165) is 31.1 Å². The Kier molecular flexibility index (Phi) is 6.79. The summed E-state index contributed by atoms with van der Waals surface area (Å²) < 4.78 is 0. The Morgan fingerprint density at radius 3 is 2.53 bits per heavy atom. The lowest BCUT2D eigenvalue weighted by Crippen LogP contribution is -2.42. The van der Waals surface area contributed by atoms with Crippen LogP contribution in [-0.4, -0.2) is 33.1 Å². The van der Waals surface area contributed by atoms with Gasteiger partial charge in [-0.25, -0.2) is 9.78 Å². The van der Waals surface area contributed by atoms with Gasteiger partial charge in [-0.2, -0.15) is 4.98 Å². The molecular formula is C20H22Cl2N6O2. The minimum absolute atomic E-state index is 0. The highest BCUT2D eigenvalue weighted by atomic mass is 35.5. The molecule has 1 aliphatic rings. The number of pyridine rings is 1. The Morgan fingerprint density at radius 2 is 1.83 bits per heavy atom. The number of urea groups is 1. The zero-order valence-corrected chi connectivity index (χ0v) is 17.6. The van der Waals surface area contributed by atoms with E-state index in [4.69, 9.17) is 17.3 Å². The fourth-order valence-electron chi connectivity index (χ4n) is 3.71. The third-order valence-corrected chi connectivity index (χ3v) is 5.49. The van der Waals surface area contributed by atoms with E-state index in [0.29, 0.717) is 27.7 Å². The van der Waals surface area contributed by atoms with Crippen molar-refractivity contribution in [1.29, 1.82) is 0 Å². The van der Waals surface area contributed by atoms with Crippen LogP contribution >= 0.6 is 24.0 Å². The van der Waals surface area contributed by atoms with Crippen molar-refractivity contribution in [3.8, 4) is 11.1 Å². The number of fused-ring (bicyclic) bond motifs is 1. The molecule has 2 heterocycles. The number of aromatic amines is 1. The van der Waals surface area contributed by atoms with Crippen LogP contribution in [0, 0.1) is 0 Å². The number of amides is 2. The van der Waals surface area contributed by atoms with Crippen LogP contribution in [0.3, 0.4) is 0 Å². The highest BCUT2D eigenvalue weighted by molar-refractivity contribution is 6.33. The SMILES string of the molecule is Cl.NC(=O)NC1CCC(Nc2ncc3cc(-c4ccccc4Cl)c(=O)[nH]c3n2)CC1. The minimum Gasteiger partial charge on any atom is -0.352 e. The molecule has 5 N–H and O–H groups in total. The van der Waals surface area contributed by atoms with Gasteiger partial charge in [-0.3, -0.25) is 4.79 Å². The fraction of sp³-hybridized carbons (Fsp3) is 0.300. The van der Waals surface area contributed by atoms with E-state index in [1.807, 2.05) is 12.1 Å². The fourth-order valence-corrected chi connectivity index (χ4v) is 3.95. The second kappa shape index (κ2) is 9.32. The van der Waals surface area contributed by atoms with E-state index < -0.39 is 6.03 Å². The zero-order chi connectivity index (χ0) is 20.4. The summed E-state index contributed by atoms with van der Waals surface area (Å²) in [5, 5.41) is 7.30. The van der Waals surface area contributed by atoms with Crippen LogP contribution in [0.2, 0.25) is 5.02 Å². The average Bonchev–Trinajstić information content (AvgIpc) is 2.69. The van der Waals surface area contributed by atoms with Gasteiger partial charge in [0.1, 0.15) is 5.65 Å². The molecule has 0 bridgehead atoms. The second-order valence-electron chi connectivity index (χ2n) is 7.19. The Hall–Kier alpha value is -2.84. The molecule has 3 aromatic rings. The molecule has 0 radical (unpaired) electrons.